The molecular weight excluding hydrogens is 266 g/mol. The average Bonchev–Trinajstić information content (AvgIpc) is 2.36. The Morgan fingerprint density at radius 1 is 1.29 bits per heavy atom. The zero-order valence-corrected chi connectivity index (χ0v) is 13.2. The minimum absolute atomic E-state index is 0.0193. The molecule has 0 saturated carbocycles. The molecule has 1 unspecified atom stereocenters. The molecule has 0 saturated heterocycles. The molecule has 5 N–H and O–H groups in total. The normalized spacial score (nSPS) is 12.8. The van der Waals surface area contributed by atoms with Gasteiger partial charge in [0.25, 0.3) is 0 Å². The Morgan fingerprint density at radius 3 is 2.38 bits per heavy atom. The van der Waals surface area contributed by atoms with Crippen molar-refractivity contribution in [3.8, 4) is 0 Å². The molecule has 21 heavy (non-hydrogen) atoms. The molecule has 0 bridgehead atoms. The van der Waals surface area contributed by atoms with Gasteiger partial charge in [0.2, 0.25) is 11.8 Å². The molecule has 1 rings (SSSR count). The van der Waals surface area contributed by atoms with Gasteiger partial charge >= 0.3 is 0 Å². The van der Waals surface area contributed by atoms with Crippen LogP contribution in [0, 0.1) is 18.3 Å². The van der Waals surface area contributed by atoms with E-state index in [1.807, 2.05) is 0 Å². The van der Waals surface area contributed by atoms with Crippen molar-refractivity contribution in [3.05, 3.63) is 29.3 Å². The quantitative estimate of drug-likeness (QED) is 0.774. The third-order valence-electron chi connectivity index (χ3n) is 3.37. The van der Waals surface area contributed by atoms with Crippen LogP contribution in [0.3, 0.4) is 0 Å². The predicted octanol–water partition coefficient (Wildman–Crippen LogP) is 2.04. The van der Waals surface area contributed by atoms with Gasteiger partial charge < -0.3 is 16.8 Å². The predicted molar refractivity (Wildman–Crippen MR) is 84.9 cm³/mol. The van der Waals surface area contributed by atoms with Gasteiger partial charge in [-0.3, -0.25) is 9.59 Å². The topological polar surface area (TPSA) is 98.2 Å². The number of carbonyl (C=O) groups is 2. The van der Waals surface area contributed by atoms with Crippen LogP contribution in [-0.4, -0.2) is 18.4 Å². The van der Waals surface area contributed by atoms with Gasteiger partial charge in [-0.15, -0.1) is 0 Å². The van der Waals surface area contributed by atoms with Crippen molar-refractivity contribution in [1.82, 2.24) is 0 Å². The van der Waals surface area contributed by atoms with Gasteiger partial charge in [-0.1, -0.05) is 26.8 Å². The fourth-order valence-electron chi connectivity index (χ4n) is 2.30. The number of anilines is 1. The highest BCUT2D eigenvalue weighted by molar-refractivity contribution is 5.99. The van der Waals surface area contributed by atoms with E-state index >= 15 is 0 Å². The van der Waals surface area contributed by atoms with E-state index < -0.39 is 5.91 Å². The van der Waals surface area contributed by atoms with Crippen molar-refractivity contribution in [2.24, 2.45) is 22.8 Å². The monoisotopic (exact) mass is 291 g/mol. The lowest BCUT2D eigenvalue weighted by molar-refractivity contribution is -0.120. The second-order valence-electron chi connectivity index (χ2n) is 6.53. The first-order chi connectivity index (χ1) is 9.65. The maximum Gasteiger partial charge on any atom is 0.249 e. The Labute approximate surface area is 126 Å². The highest BCUT2D eigenvalue weighted by Crippen LogP contribution is 2.26. The summed E-state index contributed by atoms with van der Waals surface area (Å²) >= 11 is 0. The van der Waals surface area contributed by atoms with E-state index in [9.17, 15) is 9.59 Å². The van der Waals surface area contributed by atoms with Gasteiger partial charge in [-0.2, -0.15) is 0 Å². The molecule has 1 atom stereocenters. The average molecular weight is 291 g/mol. The Morgan fingerprint density at radius 2 is 1.90 bits per heavy atom. The van der Waals surface area contributed by atoms with E-state index in [1.54, 1.807) is 25.1 Å². The number of nitrogens with two attached hydrogens (primary N) is 2. The van der Waals surface area contributed by atoms with Gasteiger partial charge in [0.1, 0.15) is 0 Å². The van der Waals surface area contributed by atoms with Crippen LogP contribution in [0.1, 0.15) is 43.1 Å². The van der Waals surface area contributed by atoms with E-state index in [1.165, 1.54) is 0 Å². The largest absolute Gasteiger partial charge is 0.366 e. The summed E-state index contributed by atoms with van der Waals surface area (Å²) in [4.78, 5) is 23.7. The Hall–Kier alpha value is -1.88. The van der Waals surface area contributed by atoms with Crippen molar-refractivity contribution in [3.63, 3.8) is 0 Å². The van der Waals surface area contributed by atoms with Crippen molar-refractivity contribution in [1.29, 1.82) is 0 Å². The Kier molecular flexibility index (Phi) is 5.49. The zero-order valence-electron chi connectivity index (χ0n) is 13.2. The molecule has 5 nitrogen and oxygen atoms in total. The van der Waals surface area contributed by atoms with Crippen LogP contribution >= 0.6 is 0 Å². The van der Waals surface area contributed by atoms with Crippen LogP contribution in [0.4, 0.5) is 5.69 Å². The highest BCUT2D eigenvalue weighted by atomic mass is 16.2. The molecule has 0 spiro atoms. The molecule has 0 radical (unpaired) electrons. The summed E-state index contributed by atoms with van der Waals surface area (Å²) in [5, 5.41) is 2.85. The zero-order chi connectivity index (χ0) is 16.2. The Bertz CT molecular complexity index is 533. The summed E-state index contributed by atoms with van der Waals surface area (Å²) in [6, 6.07) is 5.09. The number of benzene rings is 1. The summed E-state index contributed by atoms with van der Waals surface area (Å²) in [5.74, 6) is -0.896. The lowest BCUT2D eigenvalue weighted by Gasteiger charge is -2.24. The van der Waals surface area contributed by atoms with E-state index in [0.717, 1.165) is 0 Å². The number of primary amides is 1. The first-order valence-electron chi connectivity index (χ1n) is 7.06. The van der Waals surface area contributed by atoms with Gasteiger partial charge in [-0.25, -0.2) is 0 Å². The molecular formula is C16H25N3O2. The van der Waals surface area contributed by atoms with Crippen LogP contribution in [0.15, 0.2) is 18.2 Å². The molecule has 1 aromatic carbocycles. The van der Waals surface area contributed by atoms with Crippen molar-refractivity contribution >= 4 is 17.5 Å². The molecule has 0 aliphatic heterocycles. The lowest BCUT2D eigenvalue weighted by Crippen LogP contribution is -2.32. The summed E-state index contributed by atoms with van der Waals surface area (Å²) < 4.78 is 0. The van der Waals surface area contributed by atoms with Gasteiger partial charge in [-0.05, 0) is 36.5 Å². The third-order valence-corrected chi connectivity index (χ3v) is 3.37. The molecule has 0 aromatic heterocycles. The molecule has 0 aliphatic rings. The maximum atomic E-state index is 12.3. The number of nitrogens with one attached hydrogen (secondary N) is 1. The van der Waals surface area contributed by atoms with Crippen LogP contribution in [-0.2, 0) is 4.79 Å². The lowest BCUT2D eigenvalue weighted by atomic mass is 9.84. The third kappa shape index (κ3) is 4.86. The first kappa shape index (κ1) is 17.2. The number of carbonyl (C=O) groups excluding carboxylic acids is 2. The Balaban J connectivity index is 2.92. The molecule has 1 aromatic rings. The molecule has 2 amide bonds. The summed E-state index contributed by atoms with van der Waals surface area (Å²) in [7, 11) is 0. The number of hydrogen-bond donors (Lipinski definition) is 3. The second kappa shape index (κ2) is 6.72. The fourth-order valence-corrected chi connectivity index (χ4v) is 2.30. The summed E-state index contributed by atoms with van der Waals surface area (Å²) in [5.41, 5.74) is 12.7. The van der Waals surface area contributed by atoms with Gasteiger partial charge in [0.05, 0.1) is 5.92 Å². The van der Waals surface area contributed by atoms with Crippen molar-refractivity contribution in [2.45, 2.75) is 34.1 Å². The number of hydrogen-bond acceptors (Lipinski definition) is 3. The minimum Gasteiger partial charge on any atom is -0.366 e. The summed E-state index contributed by atoms with van der Waals surface area (Å²) in [6.45, 7) is 8.26. The molecule has 116 valence electrons. The van der Waals surface area contributed by atoms with Crippen molar-refractivity contribution < 1.29 is 9.59 Å². The minimum atomic E-state index is -0.506. The van der Waals surface area contributed by atoms with E-state index in [-0.39, 0.29) is 23.8 Å². The number of amides is 2. The fraction of sp³-hybridized carbons (Fsp3) is 0.500. The molecule has 0 heterocycles. The molecule has 0 aliphatic carbocycles. The SMILES string of the molecule is Cc1c(NC(=O)C(CN)CC(C)(C)C)cccc1C(N)=O. The second-order valence-corrected chi connectivity index (χ2v) is 6.53. The number of rotatable bonds is 5. The first-order valence-corrected chi connectivity index (χ1v) is 7.06. The van der Waals surface area contributed by atoms with Gasteiger partial charge in [0, 0.05) is 17.8 Å². The van der Waals surface area contributed by atoms with Crippen molar-refractivity contribution in [2.75, 3.05) is 11.9 Å². The van der Waals surface area contributed by atoms with Gasteiger partial charge in [0.15, 0.2) is 0 Å². The smallest absolute Gasteiger partial charge is 0.249 e. The van der Waals surface area contributed by atoms with E-state index in [4.69, 9.17) is 11.5 Å². The summed E-state index contributed by atoms with van der Waals surface area (Å²) in [6.07, 6.45) is 0.698. The molecule has 0 fully saturated rings. The van der Waals surface area contributed by atoms with E-state index in [0.29, 0.717) is 23.2 Å². The van der Waals surface area contributed by atoms with Crippen LogP contribution in [0.5, 0.6) is 0 Å². The van der Waals surface area contributed by atoms with E-state index in [2.05, 4.69) is 26.1 Å². The highest BCUT2D eigenvalue weighted by Gasteiger charge is 2.24. The maximum absolute atomic E-state index is 12.3. The standard InChI is InChI=1S/C16H25N3O2/c1-10-12(14(18)20)6-5-7-13(10)19-15(21)11(9-17)8-16(2,3)4/h5-7,11H,8-9,17H2,1-4H3,(H2,18,20)(H,19,21). The van der Waals surface area contributed by atoms with Crippen LogP contribution < -0.4 is 16.8 Å². The molecule has 5 heteroatoms. The van der Waals surface area contributed by atoms with Crippen LogP contribution in [0.2, 0.25) is 0 Å². The van der Waals surface area contributed by atoms with Crippen LogP contribution in [0.25, 0.3) is 0 Å².